The first kappa shape index (κ1) is 18.3. The number of alkyl halides is 2. The van der Waals surface area contributed by atoms with E-state index in [4.69, 9.17) is 9.47 Å². The molecule has 1 fully saturated rings. The zero-order valence-electron chi connectivity index (χ0n) is 15.8. The normalized spacial score (nSPS) is 17.9. The van der Waals surface area contributed by atoms with E-state index < -0.39 is 17.9 Å². The molecule has 0 saturated carbocycles. The number of anilines is 1. The number of rotatable bonds is 4. The zero-order valence-corrected chi connectivity index (χ0v) is 15.8. The van der Waals surface area contributed by atoms with Gasteiger partial charge in [0.25, 0.3) is 11.7 Å². The van der Waals surface area contributed by atoms with Crippen molar-refractivity contribution in [3.63, 3.8) is 0 Å². The Labute approximate surface area is 159 Å². The maximum atomic E-state index is 14.5. The van der Waals surface area contributed by atoms with Crippen molar-refractivity contribution >= 4 is 11.6 Å². The molecule has 0 amide bonds. The lowest BCUT2D eigenvalue weighted by Gasteiger charge is -2.24. The quantitative estimate of drug-likeness (QED) is 0.668. The Kier molecular flexibility index (Phi) is 4.05. The second-order valence-corrected chi connectivity index (χ2v) is 7.20. The van der Waals surface area contributed by atoms with Crippen LogP contribution in [0, 0.1) is 5.41 Å². The molecular formula is C17H19F2N7O2. The third-order valence-corrected chi connectivity index (χ3v) is 4.91. The number of aromatic nitrogens is 6. The average Bonchev–Trinajstić information content (AvgIpc) is 3.21. The molecule has 1 aliphatic rings. The topological polar surface area (TPSA) is 90.6 Å². The molecule has 0 atom stereocenters. The largest absolute Gasteiger partial charge is 0.480 e. The maximum absolute atomic E-state index is 14.5. The van der Waals surface area contributed by atoms with Crippen LogP contribution < -0.4 is 14.4 Å². The van der Waals surface area contributed by atoms with Gasteiger partial charge in [0.15, 0.2) is 0 Å². The number of ether oxygens (including phenoxy) is 2. The van der Waals surface area contributed by atoms with Crippen LogP contribution in [0.25, 0.3) is 17.0 Å². The van der Waals surface area contributed by atoms with Crippen LogP contribution in [0.5, 0.6) is 11.9 Å². The Balaban J connectivity index is 1.86. The lowest BCUT2D eigenvalue weighted by atomic mass is 9.89. The predicted molar refractivity (Wildman–Crippen MR) is 95.9 cm³/mol. The fourth-order valence-corrected chi connectivity index (χ4v) is 3.20. The van der Waals surface area contributed by atoms with E-state index in [-0.39, 0.29) is 24.2 Å². The van der Waals surface area contributed by atoms with Crippen LogP contribution in [0.15, 0.2) is 18.6 Å². The van der Waals surface area contributed by atoms with Gasteiger partial charge in [-0.2, -0.15) is 19.6 Å². The molecule has 11 heteroatoms. The Hall–Kier alpha value is -3.11. The Morgan fingerprint density at radius 1 is 1.07 bits per heavy atom. The van der Waals surface area contributed by atoms with Crippen LogP contribution in [0.3, 0.4) is 0 Å². The van der Waals surface area contributed by atoms with Gasteiger partial charge in [0.05, 0.1) is 32.0 Å². The first-order valence-electron chi connectivity index (χ1n) is 8.55. The van der Waals surface area contributed by atoms with E-state index in [1.54, 1.807) is 24.8 Å². The summed E-state index contributed by atoms with van der Waals surface area (Å²) in [6, 6.07) is 1.80. The molecule has 148 valence electrons. The molecule has 0 spiro atoms. The standard InChI is InChI=1S/C17H19F2N7O2/c1-16(2)7-25(8-17(16,18)19)12-5-11(23-14-21-9-22-26(12)14)10-6-20-15(28-4)24-13(10)27-3/h5-6,9H,7-8H2,1-4H3. The van der Waals surface area contributed by atoms with Crippen molar-refractivity contribution in [1.29, 1.82) is 0 Å². The number of nitrogens with zero attached hydrogens (tertiary/aromatic N) is 7. The number of hydrogen-bond acceptors (Lipinski definition) is 8. The van der Waals surface area contributed by atoms with Gasteiger partial charge in [0, 0.05) is 24.2 Å². The van der Waals surface area contributed by atoms with Gasteiger partial charge in [0.1, 0.15) is 12.1 Å². The minimum Gasteiger partial charge on any atom is -0.480 e. The zero-order chi connectivity index (χ0) is 20.1. The highest BCUT2D eigenvalue weighted by Crippen LogP contribution is 2.45. The Morgan fingerprint density at radius 2 is 1.86 bits per heavy atom. The predicted octanol–water partition coefficient (Wildman–Crippen LogP) is 2.08. The maximum Gasteiger partial charge on any atom is 0.319 e. The highest BCUT2D eigenvalue weighted by atomic mass is 19.3. The van der Waals surface area contributed by atoms with Gasteiger partial charge in [-0.15, -0.1) is 0 Å². The van der Waals surface area contributed by atoms with Crippen molar-refractivity contribution in [3.8, 4) is 23.1 Å². The van der Waals surface area contributed by atoms with E-state index >= 15 is 0 Å². The number of hydrogen-bond donors (Lipinski definition) is 0. The lowest BCUT2D eigenvalue weighted by Crippen LogP contribution is -2.34. The third kappa shape index (κ3) is 2.77. The molecule has 4 rings (SSSR count). The van der Waals surface area contributed by atoms with Crippen LogP contribution in [0.1, 0.15) is 13.8 Å². The first-order valence-corrected chi connectivity index (χ1v) is 8.55. The summed E-state index contributed by atoms with van der Waals surface area (Å²) in [5.74, 6) is -1.86. The SMILES string of the molecule is COc1ncc(-c2cc(N3CC(C)(C)C(F)(F)C3)n3ncnc3n2)c(OC)n1. The second kappa shape index (κ2) is 6.21. The van der Waals surface area contributed by atoms with Gasteiger partial charge in [-0.1, -0.05) is 13.8 Å². The summed E-state index contributed by atoms with van der Waals surface area (Å²) in [6.45, 7) is 2.84. The fraction of sp³-hybridized carbons (Fsp3) is 0.471. The van der Waals surface area contributed by atoms with E-state index in [9.17, 15) is 8.78 Å². The molecule has 4 heterocycles. The molecule has 0 aliphatic carbocycles. The Bertz CT molecular complexity index is 1020. The van der Waals surface area contributed by atoms with Gasteiger partial charge in [-0.25, -0.2) is 18.7 Å². The molecule has 3 aromatic rings. The smallest absolute Gasteiger partial charge is 0.319 e. The van der Waals surface area contributed by atoms with Crippen molar-refractivity contribution in [2.24, 2.45) is 5.41 Å². The minimum atomic E-state index is -2.84. The van der Waals surface area contributed by atoms with Crippen molar-refractivity contribution in [1.82, 2.24) is 29.5 Å². The molecular weight excluding hydrogens is 372 g/mol. The van der Waals surface area contributed by atoms with Gasteiger partial charge < -0.3 is 14.4 Å². The number of halogens is 2. The van der Waals surface area contributed by atoms with Crippen LogP contribution in [-0.4, -0.2) is 62.8 Å². The summed E-state index contributed by atoms with van der Waals surface area (Å²) >= 11 is 0. The van der Waals surface area contributed by atoms with Crippen molar-refractivity contribution < 1.29 is 18.3 Å². The summed E-state index contributed by atoms with van der Waals surface area (Å²) in [4.78, 5) is 18.4. The summed E-state index contributed by atoms with van der Waals surface area (Å²) in [5, 5.41) is 4.14. The van der Waals surface area contributed by atoms with Crippen LogP contribution in [-0.2, 0) is 0 Å². The number of fused-ring (bicyclic) bond motifs is 1. The van der Waals surface area contributed by atoms with E-state index in [2.05, 4.69) is 25.0 Å². The lowest BCUT2D eigenvalue weighted by molar-refractivity contribution is -0.0643. The monoisotopic (exact) mass is 391 g/mol. The highest BCUT2D eigenvalue weighted by molar-refractivity contribution is 5.69. The first-order chi connectivity index (χ1) is 13.3. The second-order valence-electron chi connectivity index (χ2n) is 7.20. The molecule has 1 saturated heterocycles. The summed E-state index contributed by atoms with van der Waals surface area (Å²) in [6.07, 6.45) is 2.84. The molecule has 0 bridgehead atoms. The molecule has 0 radical (unpaired) electrons. The molecule has 28 heavy (non-hydrogen) atoms. The molecule has 1 aliphatic heterocycles. The number of methoxy groups -OCH3 is 2. The molecule has 3 aromatic heterocycles. The van der Waals surface area contributed by atoms with E-state index in [1.807, 2.05) is 0 Å². The fourth-order valence-electron chi connectivity index (χ4n) is 3.20. The highest BCUT2D eigenvalue weighted by Gasteiger charge is 2.54. The van der Waals surface area contributed by atoms with Crippen molar-refractivity contribution in [2.75, 3.05) is 32.2 Å². The summed E-state index contributed by atoms with van der Waals surface area (Å²) < 4.78 is 40.7. The molecule has 0 aromatic carbocycles. The van der Waals surface area contributed by atoms with E-state index in [1.165, 1.54) is 31.3 Å². The van der Waals surface area contributed by atoms with Crippen LogP contribution in [0.4, 0.5) is 14.6 Å². The Morgan fingerprint density at radius 3 is 2.50 bits per heavy atom. The van der Waals surface area contributed by atoms with E-state index in [0.29, 0.717) is 17.1 Å². The molecule has 0 unspecified atom stereocenters. The van der Waals surface area contributed by atoms with Gasteiger partial charge in [-0.3, -0.25) is 0 Å². The minimum absolute atomic E-state index is 0.144. The molecule has 0 N–H and O–H groups in total. The van der Waals surface area contributed by atoms with Crippen LogP contribution in [0.2, 0.25) is 0 Å². The van der Waals surface area contributed by atoms with Crippen LogP contribution >= 0.6 is 0 Å². The average molecular weight is 391 g/mol. The summed E-state index contributed by atoms with van der Waals surface area (Å²) in [7, 11) is 2.91. The van der Waals surface area contributed by atoms with E-state index in [0.717, 1.165) is 0 Å². The van der Waals surface area contributed by atoms with Crippen molar-refractivity contribution in [3.05, 3.63) is 18.6 Å². The van der Waals surface area contributed by atoms with Gasteiger partial charge in [0.2, 0.25) is 5.88 Å². The van der Waals surface area contributed by atoms with Crippen molar-refractivity contribution in [2.45, 2.75) is 19.8 Å². The third-order valence-electron chi connectivity index (χ3n) is 4.91. The summed E-state index contributed by atoms with van der Waals surface area (Å²) in [5.41, 5.74) is -0.257. The van der Waals surface area contributed by atoms with Gasteiger partial charge in [-0.05, 0) is 0 Å². The molecule has 9 nitrogen and oxygen atoms in total. The van der Waals surface area contributed by atoms with Gasteiger partial charge >= 0.3 is 6.01 Å².